The Morgan fingerprint density at radius 1 is 0.846 bits per heavy atom. The fourth-order valence-corrected chi connectivity index (χ4v) is 12.8. The van der Waals surface area contributed by atoms with Crippen molar-refractivity contribution in [2.24, 2.45) is 10.9 Å². The van der Waals surface area contributed by atoms with Crippen LogP contribution in [0.25, 0.3) is 15.9 Å². The molecule has 3 aromatic heterocycles. The molecular weight excluding hydrogens is 1060 g/mol. The van der Waals surface area contributed by atoms with Crippen molar-refractivity contribution in [3.05, 3.63) is 117 Å². The van der Waals surface area contributed by atoms with Crippen LogP contribution in [0, 0.1) is 38.5 Å². The van der Waals surface area contributed by atoms with Gasteiger partial charge in [0, 0.05) is 114 Å². The van der Waals surface area contributed by atoms with Gasteiger partial charge in [-0.1, -0.05) is 35.7 Å². The number of piperazine rings is 1. The number of carbonyl (C=O) groups excluding carboxylic acids is 3. The predicted molar refractivity (Wildman–Crippen MR) is 304 cm³/mol. The van der Waals surface area contributed by atoms with Crippen molar-refractivity contribution in [3.8, 4) is 16.8 Å². The standard InChI is InChI=1S/C40H51F3N7O4P.C17H15ClN4S/c1-29(51)47-20-13-30(14-21-47)39(53)49-24-22-48(23-25-49)38(52)27-46-18-15-32(16-19-46)45-36-7-4-8-37-35(36)26-33(50(37)28-40(41,42)43)6-5-17-44-31-9-11-34(12-10-31)55(2,3)54;1-9-10(2)23-17-15(9)16(12-4-6-13(18)7-5-12)19-8-14-21-20-11(3)22(14)17/h4,7-12,26,30,32,44-45H,13-25,27-28H2,1-3H3;4-7H,8H2,1-3H3. The second-order valence-electron chi connectivity index (χ2n) is 20.8. The molecule has 3 aromatic carbocycles. The van der Waals surface area contributed by atoms with Gasteiger partial charge in [-0.25, -0.2) is 0 Å². The fraction of sp³-hybridized carbons (Fsp3) is 0.439. The maximum Gasteiger partial charge on any atom is 0.406 e. The first-order chi connectivity index (χ1) is 37.2. The van der Waals surface area contributed by atoms with Gasteiger partial charge in [-0.3, -0.25) is 28.8 Å². The molecule has 3 saturated heterocycles. The number of hydrogen-bond donors (Lipinski definition) is 2. The minimum absolute atomic E-state index is 0.0446. The number of halogens is 4. The highest BCUT2D eigenvalue weighted by Gasteiger charge is 2.34. The van der Waals surface area contributed by atoms with E-state index in [0.29, 0.717) is 89.2 Å². The molecule has 3 amide bonds. The van der Waals surface area contributed by atoms with E-state index in [2.05, 4.69) is 56.0 Å². The molecule has 3 fully saturated rings. The minimum Gasteiger partial charge on any atom is -0.382 e. The summed E-state index contributed by atoms with van der Waals surface area (Å²) in [5.74, 6) is 7.84. The van der Waals surface area contributed by atoms with E-state index in [9.17, 15) is 32.1 Å². The van der Waals surface area contributed by atoms with Gasteiger partial charge in [0.2, 0.25) is 17.7 Å². The lowest BCUT2D eigenvalue weighted by Gasteiger charge is -2.39. The summed E-state index contributed by atoms with van der Waals surface area (Å²) in [5.41, 5.74) is 6.75. The summed E-state index contributed by atoms with van der Waals surface area (Å²) in [4.78, 5) is 51.7. The number of aromatic nitrogens is 4. The van der Waals surface area contributed by atoms with Crippen molar-refractivity contribution >= 4 is 81.1 Å². The van der Waals surface area contributed by atoms with Gasteiger partial charge in [-0.15, -0.1) is 21.5 Å². The van der Waals surface area contributed by atoms with Gasteiger partial charge in [-0.05, 0) is 126 Å². The molecule has 4 aliphatic heterocycles. The lowest BCUT2D eigenvalue weighted by molar-refractivity contribution is -0.144. The molecule has 78 heavy (non-hydrogen) atoms. The Labute approximate surface area is 462 Å². The van der Waals surface area contributed by atoms with Crippen molar-refractivity contribution in [1.29, 1.82) is 0 Å². The molecular formula is C57H66ClF3N11O4PS. The van der Waals surface area contributed by atoms with Gasteiger partial charge < -0.3 is 34.5 Å². The van der Waals surface area contributed by atoms with Crippen LogP contribution in [0.3, 0.4) is 0 Å². The number of thiophene rings is 1. The SMILES string of the molecule is CC(=O)N1CCC(C(=O)N2CCN(C(=O)CN3CCC(Nc4cccc5c4cc(C#CCNc4ccc(P(C)(C)=O)cc4)n5CC(F)(F)F)CC3)CC2)CC1.Cc1sc2c(c1C)C(c1ccc(Cl)cc1)=NCc1nnc(C)n1-2. The molecule has 0 spiro atoms. The van der Waals surface area contributed by atoms with Gasteiger partial charge in [-0.2, -0.15) is 13.2 Å². The van der Waals surface area contributed by atoms with Crippen LogP contribution in [0.1, 0.15) is 71.5 Å². The summed E-state index contributed by atoms with van der Waals surface area (Å²) < 4.78 is 56.9. The topological polar surface area (TPSA) is 153 Å². The van der Waals surface area contributed by atoms with E-state index in [1.165, 1.54) is 20.6 Å². The number of aryl methyl sites for hydroxylation is 2. The molecule has 0 saturated carbocycles. The van der Waals surface area contributed by atoms with E-state index in [-0.39, 0.29) is 41.9 Å². The fourth-order valence-electron chi connectivity index (χ4n) is 10.6. The van der Waals surface area contributed by atoms with Crippen molar-refractivity contribution in [3.63, 3.8) is 0 Å². The van der Waals surface area contributed by atoms with Crippen LogP contribution >= 0.6 is 30.1 Å². The molecule has 15 nitrogen and oxygen atoms in total. The quantitative estimate of drug-likeness (QED) is 0.101. The normalized spacial score (nSPS) is 16.5. The van der Waals surface area contributed by atoms with E-state index >= 15 is 0 Å². The Kier molecular flexibility index (Phi) is 17.2. The third kappa shape index (κ3) is 13.2. The Bertz CT molecular complexity index is 3310. The highest BCUT2D eigenvalue weighted by atomic mass is 35.5. The molecule has 21 heteroatoms. The number of nitrogens with one attached hydrogen (secondary N) is 2. The monoisotopic (exact) mass is 1120 g/mol. The average molecular weight is 1120 g/mol. The summed E-state index contributed by atoms with van der Waals surface area (Å²) in [7, 11) is -2.37. The Morgan fingerprint density at radius 3 is 2.18 bits per heavy atom. The maximum absolute atomic E-state index is 13.7. The Balaban J connectivity index is 0.000000265. The summed E-state index contributed by atoms with van der Waals surface area (Å²) in [5, 5.41) is 18.5. The van der Waals surface area contributed by atoms with Crippen molar-refractivity contribution < 1.29 is 32.1 Å². The summed E-state index contributed by atoms with van der Waals surface area (Å²) in [6.07, 6.45) is -1.54. The number of hydrogen-bond acceptors (Lipinski definition) is 11. The number of rotatable bonds is 10. The number of fused-ring (bicyclic) bond motifs is 4. The predicted octanol–water partition coefficient (Wildman–Crippen LogP) is 8.98. The molecule has 10 rings (SSSR count). The number of carbonyl (C=O) groups is 3. The zero-order valence-electron chi connectivity index (χ0n) is 44.9. The van der Waals surface area contributed by atoms with Gasteiger partial charge in [0.1, 0.15) is 31.1 Å². The summed E-state index contributed by atoms with van der Waals surface area (Å²) >= 11 is 7.80. The van der Waals surface area contributed by atoms with Gasteiger partial charge in [0.25, 0.3) is 0 Å². The molecule has 0 unspecified atom stereocenters. The van der Waals surface area contributed by atoms with Crippen LogP contribution < -0.4 is 15.9 Å². The number of piperidine rings is 2. The van der Waals surface area contributed by atoms with Crippen LogP contribution in [-0.2, 0) is 32.0 Å². The number of anilines is 2. The number of amides is 3. The number of benzene rings is 3. The van der Waals surface area contributed by atoms with Gasteiger partial charge in [0.15, 0.2) is 5.82 Å². The molecule has 412 valence electrons. The van der Waals surface area contributed by atoms with Gasteiger partial charge in [0.05, 0.1) is 30.0 Å². The molecule has 0 bridgehead atoms. The van der Waals surface area contributed by atoms with E-state index < -0.39 is 19.9 Å². The lowest BCUT2D eigenvalue weighted by Crippen LogP contribution is -2.55. The number of alkyl halides is 3. The van der Waals surface area contributed by atoms with E-state index in [0.717, 1.165) is 62.5 Å². The van der Waals surface area contributed by atoms with Crippen molar-refractivity contribution in [1.82, 2.24) is 38.9 Å². The van der Waals surface area contributed by atoms with Crippen LogP contribution in [0.4, 0.5) is 24.5 Å². The van der Waals surface area contributed by atoms with Crippen LogP contribution in [0.2, 0.25) is 5.02 Å². The van der Waals surface area contributed by atoms with Crippen LogP contribution in [0.5, 0.6) is 0 Å². The summed E-state index contributed by atoms with van der Waals surface area (Å²) in [6, 6.07) is 22.2. The molecule has 4 aliphatic rings. The number of nitrogens with zero attached hydrogens (tertiary/aromatic N) is 9. The average Bonchev–Trinajstić information content (AvgIpc) is 4.09. The van der Waals surface area contributed by atoms with Crippen molar-refractivity contribution in [2.75, 3.05) is 89.4 Å². The lowest BCUT2D eigenvalue weighted by atomic mass is 9.95. The maximum atomic E-state index is 13.7. The van der Waals surface area contributed by atoms with Crippen molar-refractivity contribution in [2.45, 2.75) is 78.7 Å². The highest BCUT2D eigenvalue weighted by Crippen LogP contribution is 2.37. The van der Waals surface area contributed by atoms with E-state index in [1.807, 2.05) is 59.2 Å². The molecule has 2 N–H and O–H groups in total. The first-order valence-electron chi connectivity index (χ1n) is 26.4. The number of aliphatic imine (C=N–C) groups is 1. The first-order valence-corrected chi connectivity index (χ1v) is 30.2. The zero-order chi connectivity index (χ0) is 55.5. The second kappa shape index (κ2) is 23.9. The third-order valence-electron chi connectivity index (χ3n) is 15.1. The van der Waals surface area contributed by atoms with E-state index in [4.69, 9.17) is 16.6 Å². The smallest absolute Gasteiger partial charge is 0.382 e. The largest absolute Gasteiger partial charge is 0.406 e. The Hall–Kier alpha value is -6.45. The highest BCUT2D eigenvalue weighted by molar-refractivity contribution is 7.70. The first kappa shape index (κ1) is 56.3. The molecule has 0 aliphatic carbocycles. The van der Waals surface area contributed by atoms with E-state index in [1.54, 1.807) is 66.8 Å². The summed E-state index contributed by atoms with van der Waals surface area (Å²) in [6.45, 7) is 15.8. The molecule has 0 atom stereocenters. The third-order valence-corrected chi connectivity index (χ3v) is 18.1. The molecule has 7 heterocycles. The van der Waals surface area contributed by atoms with Crippen LogP contribution in [-0.4, -0.2) is 153 Å². The zero-order valence-corrected chi connectivity index (χ0v) is 47.4. The van der Waals surface area contributed by atoms with Gasteiger partial charge >= 0.3 is 6.18 Å². The number of likely N-dealkylation sites (tertiary alicyclic amines) is 2. The Morgan fingerprint density at radius 2 is 1.53 bits per heavy atom. The second-order valence-corrected chi connectivity index (χ2v) is 25.7. The molecule has 0 radical (unpaired) electrons. The minimum atomic E-state index is -4.44. The molecule has 6 aromatic rings. The van der Waals surface area contributed by atoms with Crippen LogP contribution in [0.15, 0.2) is 77.8 Å².